The van der Waals surface area contributed by atoms with E-state index in [-0.39, 0.29) is 24.8 Å². The van der Waals surface area contributed by atoms with Gasteiger partial charge in [-0.25, -0.2) is 0 Å². The molecular weight excluding hydrogens is 810 g/mol. The summed E-state index contributed by atoms with van der Waals surface area (Å²) in [5, 5.41) is 0. The summed E-state index contributed by atoms with van der Waals surface area (Å²) in [7, 11) is 3.50. The van der Waals surface area contributed by atoms with E-state index in [2.05, 4.69) is 125 Å². The van der Waals surface area contributed by atoms with Gasteiger partial charge in [-0.2, -0.15) is 0 Å². The summed E-state index contributed by atoms with van der Waals surface area (Å²) in [6.45, 7) is 9.87. The van der Waals surface area contributed by atoms with Crippen molar-refractivity contribution < 1.29 is 54.3 Å². The summed E-state index contributed by atoms with van der Waals surface area (Å²) < 4.78 is 14.3. The molecule has 1 aliphatic heterocycles. The van der Waals surface area contributed by atoms with Crippen molar-refractivity contribution in [1.82, 2.24) is 0 Å². The second-order valence-electron chi connectivity index (χ2n) is 15.0. The van der Waals surface area contributed by atoms with Crippen molar-refractivity contribution in [3.8, 4) is 33.8 Å². The molecule has 4 aromatic carbocycles. The standard InChI is InChI=1S/2C19H19O.C6H10.2ClH.Hf/c2*1-13(2)16-11-15-5-4-6-18(19(15)12-16)14-7-9-17(20-3)10-8-14;1-2-4-6-5-3-1;;;/h2*4-13H,1-3H3;1-2H,3-6H2;2*1H;/q;;;;;+2/p-2. The molecule has 2 nitrogen and oxygen atoms in total. The van der Waals surface area contributed by atoms with Gasteiger partial charge >= 0.3 is 288 Å². The van der Waals surface area contributed by atoms with Crippen LogP contribution in [0.5, 0.6) is 11.5 Å². The smallest absolute Gasteiger partial charge is 1.00 e. The van der Waals surface area contributed by atoms with Gasteiger partial charge in [-0.1, -0.05) is 0 Å². The van der Waals surface area contributed by atoms with Gasteiger partial charge in [0.2, 0.25) is 0 Å². The number of fused-ring (bicyclic) bond motifs is 3. The molecule has 1 saturated heterocycles. The number of hydrogen-bond acceptors (Lipinski definition) is 2. The predicted molar refractivity (Wildman–Crippen MR) is 194 cm³/mol. The van der Waals surface area contributed by atoms with Crippen molar-refractivity contribution >= 4 is 12.2 Å². The molecule has 8 rings (SSSR count). The molecule has 0 aromatic heterocycles. The summed E-state index contributed by atoms with van der Waals surface area (Å²) in [4.78, 5) is 0. The fraction of sp³-hybridized carbons (Fsp3) is 0.364. The molecule has 1 saturated carbocycles. The molecule has 3 aliphatic carbocycles. The Bertz CT molecular complexity index is 1750. The van der Waals surface area contributed by atoms with Crippen LogP contribution in [0.2, 0.25) is 7.35 Å². The summed E-state index contributed by atoms with van der Waals surface area (Å²) in [5.74, 6) is 2.90. The monoisotopic (exact) mass is 858 g/mol. The number of methoxy groups -OCH3 is 2. The maximum absolute atomic E-state index is 5.52. The van der Waals surface area contributed by atoms with Crippen LogP contribution in [0, 0.1) is 11.8 Å². The van der Waals surface area contributed by atoms with Crippen LogP contribution in [0.15, 0.2) is 96.1 Å². The molecule has 1 heterocycles. The summed E-state index contributed by atoms with van der Waals surface area (Å²) in [6.07, 6.45) is 11.1. The molecule has 2 fully saturated rings. The minimum absolute atomic E-state index is 0. The maximum Gasteiger partial charge on any atom is -1.00 e. The fourth-order valence-corrected chi connectivity index (χ4v) is 46.6. The Morgan fingerprint density at radius 2 is 0.939 bits per heavy atom. The van der Waals surface area contributed by atoms with E-state index >= 15 is 0 Å². The van der Waals surface area contributed by atoms with Crippen LogP contribution in [0.3, 0.4) is 0 Å². The predicted octanol–water partition coefficient (Wildman–Crippen LogP) is 6.25. The Balaban J connectivity index is 0.00000208. The SMILES string of the molecule is COc1ccc(-c2cccc3c2C=C(C(C)C)[CH]3[Hf+2]2([CH]3C(C(C)C)=Cc4c(-c5ccc(OC)cc5)cccc43)[CH]3CCCC[CH]32)cc1.[Cl-].[Cl-]. The van der Waals surface area contributed by atoms with Crippen LogP contribution in [0.25, 0.3) is 34.4 Å². The molecule has 5 heteroatoms. The molecule has 4 aliphatic rings. The van der Waals surface area contributed by atoms with E-state index < -0.39 is 20.0 Å². The molecule has 0 bridgehead atoms. The van der Waals surface area contributed by atoms with Crippen molar-refractivity contribution in [3.63, 3.8) is 0 Å². The summed E-state index contributed by atoms with van der Waals surface area (Å²) in [5.41, 5.74) is 15.1. The van der Waals surface area contributed by atoms with Crippen molar-refractivity contribution in [1.29, 1.82) is 0 Å². The molecule has 4 unspecified atom stereocenters. The van der Waals surface area contributed by atoms with Gasteiger partial charge in [0, 0.05) is 0 Å². The van der Waals surface area contributed by atoms with Gasteiger partial charge in [0.15, 0.2) is 0 Å². The maximum atomic E-state index is 5.52. The van der Waals surface area contributed by atoms with Gasteiger partial charge in [0.05, 0.1) is 0 Å². The van der Waals surface area contributed by atoms with Crippen molar-refractivity contribution in [2.24, 2.45) is 11.8 Å². The van der Waals surface area contributed by atoms with Gasteiger partial charge in [-0.3, -0.25) is 0 Å². The molecular formula is C44H48Cl2HfO2. The third-order valence-electron chi connectivity index (χ3n) is 12.3. The number of hydrogen-bond donors (Lipinski definition) is 0. The van der Waals surface area contributed by atoms with Crippen molar-refractivity contribution in [3.05, 3.63) is 118 Å². The summed E-state index contributed by atoms with van der Waals surface area (Å²) in [6, 6.07) is 31.9. The normalized spacial score (nSPS) is 23.3. The van der Waals surface area contributed by atoms with Crippen LogP contribution in [0.4, 0.5) is 0 Å². The van der Waals surface area contributed by atoms with Crippen molar-refractivity contribution in [2.75, 3.05) is 14.2 Å². The number of benzene rings is 4. The number of rotatable bonds is 8. The fourth-order valence-electron chi connectivity index (χ4n) is 10.3. The van der Waals surface area contributed by atoms with Gasteiger partial charge in [-0.05, 0) is 0 Å². The zero-order valence-corrected chi connectivity index (χ0v) is 34.7. The van der Waals surface area contributed by atoms with E-state index in [1.54, 1.807) is 36.5 Å². The average molecular weight is 858 g/mol. The Morgan fingerprint density at radius 3 is 1.29 bits per heavy atom. The Kier molecular flexibility index (Phi) is 10.5. The third-order valence-corrected chi connectivity index (χ3v) is 36.9. The quantitative estimate of drug-likeness (QED) is 0.195. The van der Waals surface area contributed by atoms with Crippen molar-refractivity contribution in [2.45, 2.75) is 68.1 Å². The van der Waals surface area contributed by atoms with Crippen LogP contribution in [0.1, 0.15) is 83.0 Å². The van der Waals surface area contributed by atoms with E-state index in [9.17, 15) is 0 Å². The molecule has 0 amide bonds. The second-order valence-corrected chi connectivity index (χ2v) is 31.7. The van der Waals surface area contributed by atoms with Crippen LogP contribution in [-0.4, -0.2) is 14.2 Å². The molecule has 0 spiro atoms. The minimum Gasteiger partial charge on any atom is -1.00 e. The first kappa shape index (κ1) is 36.2. The molecule has 4 atom stereocenters. The van der Waals surface area contributed by atoms with Gasteiger partial charge in [0.1, 0.15) is 0 Å². The first-order valence-electron chi connectivity index (χ1n) is 17.9. The number of allylic oxidation sites excluding steroid dienone is 2. The average Bonchev–Trinajstić information content (AvgIpc) is 3.37. The molecule has 49 heavy (non-hydrogen) atoms. The molecule has 0 N–H and O–H groups in total. The first-order chi connectivity index (χ1) is 22.9. The zero-order chi connectivity index (χ0) is 32.4. The Hall–Kier alpha value is -2.59. The third kappa shape index (κ3) is 5.71. The second kappa shape index (κ2) is 14.2. The van der Waals surface area contributed by atoms with E-state index in [1.807, 2.05) is 0 Å². The Morgan fingerprint density at radius 1 is 0.551 bits per heavy atom. The van der Waals surface area contributed by atoms with E-state index in [1.165, 1.54) is 59.1 Å². The molecule has 254 valence electrons. The van der Waals surface area contributed by atoms with Gasteiger partial charge in [-0.15, -0.1) is 0 Å². The number of halogens is 2. The van der Waals surface area contributed by atoms with E-state index in [0.717, 1.165) is 18.8 Å². The first-order valence-corrected chi connectivity index (χ1v) is 26.2. The van der Waals surface area contributed by atoms with Crippen LogP contribution >= 0.6 is 0 Å². The van der Waals surface area contributed by atoms with E-state index in [0.29, 0.717) is 19.2 Å². The van der Waals surface area contributed by atoms with Gasteiger partial charge < -0.3 is 24.8 Å². The Labute approximate surface area is 310 Å². The minimum atomic E-state index is -3.30. The molecule has 0 radical (unpaired) electrons. The number of ether oxygens (including phenoxy) is 2. The van der Waals surface area contributed by atoms with E-state index in [4.69, 9.17) is 9.47 Å². The van der Waals surface area contributed by atoms with Crippen LogP contribution < -0.4 is 34.3 Å². The zero-order valence-electron chi connectivity index (χ0n) is 29.6. The molecule has 4 aromatic rings. The van der Waals surface area contributed by atoms with Gasteiger partial charge in [0.25, 0.3) is 0 Å². The largest absolute Gasteiger partial charge is 1.00 e. The van der Waals surface area contributed by atoms with Crippen LogP contribution in [-0.2, 0) is 20.0 Å². The summed E-state index contributed by atoms with van der Waals surface area (Å²) >= 11 is -3.30. The topological polar surface area (TPSA) is 18.5 Å².